The molecule has 0 spiro atoms. The number of hydrogen-bond acceptors (Lipinski definition) is 5. The van der Waals surface area contributed by atoms with Crippen LogP contribution in [0.5, 0.6) is 0 Å². The lowest BCUT2D eigenvalue weighted by atomic mass is 10.3. The summed E-state index contributed by atoms with van der Waals surface area (Å²) in [7, 11) is 0. The first-order valence-corrected chi connectivity index (χ1v) is 6.13. The topological polar surface area (TPSA) is 77.8 Å². The highest BCUT2D eigenvalue weighted by Gasteiger charge is 2.12. The standard InChI is InChI=1S/C9H8Br2N4O/c10-5-3-6(11)8(13-4-5)9-14-7(1-2-12)16-15-9/h3-4H,1-2,12H2. The Kier molecular flexibility index (Phi) is 3.67. The van der Waals surface area contributed by atoms with Crippen LogP contribution >= 0.6 is 31.9 Å². The normalized spacial score (nSPS) is 10.7. The number of hydrogen-bond donors (Lipinski definition) is 1. The molecule has 2 heterocycles. The lowest BCUT2D eigenvalue weighted by Gasteiger charge is -1.97. The molecule has 0 saturated carbocycles. The van der Waals surface area contributed by atoms with E-state index >= 15 is 0 Å². The first-order valence-electron chi connectivity index (χ1n) is 4.55. The second-order valence-corrected chi connectivity index (χ2v) is 4.80. The van der Waals surface area contributed by atoms with Gasteiger partial charge in [-0.3, -0.25) is 4.98 Å². The van der Waals surface area contributed by atoms with Gasteiger partial charge in [0.1, 0.15) is 5.69 Å². The average Bonchev–Trinajstić information content (AvgIpc) is 2.67. The first-order chi connectivity index (χ1) is 7.70. The zero-order chi connectivity index (χ0) is 11.5. The van der Waals surface area contributed by atoms with Crippen LogP contribution in [0.25, 0.3) is 11.5 Å². The van der Waals surface area contributed by atoms with Gasteiger partial charge in [-0.05, 0) is 37.9 Å². The molecule has 2 aromatic rings. The van der Waals surface area contributed by atoms with Crippen LogP contribution in [0.3, 0.4) is 0 Å². The maximum atomic E-state index is 5.40. The molecule has 2 N–H and O–H groups in total. The zero-order valence-electron chi connectivity index (χ0n) is 8.15. The first kappa shape index (κ1) is 11.7. The Labute approximate surface area is 109 Å². The minimum Gasteiger partial charge on any atom is -0.339 e. The fraction of sp³-hybridized carbons (Fsp3) is 0.222. The number of pyridine rings is 1. The van der Waals surface area contributed by atoms with E-state index in [0.717, 1.165) is 8.95 Å². The van der Waals surface area contributed by atoms with E-state index in [0.29, 0.717) is 30.4 Å². The Bertz CT molecular complexity index is 500. The molecule has 0 bridgehead atoms. The summed E-state index contributed by atoms with van der Waals surface area (Å²) in [5, 5.41) is 3.85. The molecule has 0 aliphatic carbocycles. The summed E-state index contributed by atoms with van der Waals surface area (Å²) >= 11 is 6.72. The molecule has 2 rings (SSSR count). The van der Waals surface area contributed by atoms with Crippen molar-refractivity contribution in [2.45, 2.75) is 6.42 Å². The van der Waals surface area contributed by atoms with E-state index in [1.54, 1.807) is 6.20 Å². The van der Waals surface area contributed by atoms with Gasteiger partial charge in [-0.1, -0.05) is 5.16 Å². The molecule has 5 nitrogen and oxygen atoms in total. The van der Waals surface area contributed by atoms with Gasteiger partial charge in [-0.2, -0.15) is 4.98 Å². The molecule has 16 heavy (non-hydrogen) atoms. The number of nitrogens with two attached hydrogens (primary N) is 1. The van der Waals surface area contributed by atoms with E-state index in [4.69, 9.17) is 10.3 Å². The van der Waals surface area contributed by atoms with E-state index < -0.39 is 0 Å². The number of nitrogens with zero attached hydrogens (tertiary/aromatic N) is 3. The van der Waals surface area contributed by atoms with E-state index in [-0.39, 0.29) is 0 Å². The summed E-state index contributed by atoms with van der Waals surface area (Å²) in [6.07, 6.45) is 2.25. The number of aromatic nitrogens is 3. The molecule has 0 aliphatic heterocycles. The third-order valence-corrected chi connectivity index (χ3v) is 2.88. The predicted octanol–water partition coefficient (Wildman–Crippen LogP) is 2.16. The van der Waals surface area contributed by atoms with E-state index in [1.165, 1.54) is 0 Å². The van der Waals surface area contributed by atoms with Gasteiger partial charge >= 0.3 is 0 Å². The highest BCUT2D eigenvalue weighted by atomic mass is 79.9. The Morgan fingerprint density at radius 1 is 1.38 bits per heavy atom. The summed E-state index contributed by atoms with van der Waals surface area (Å²) < 4.78 is 6.72. The van der Waals surface area contributed by atoms with Crippen LogP contribution in [-0.2, 0) is 6.42 Å². The highest BCUT2D eigenvalue weighted by molar-refractivity contribution is 9.11. The van der Waals surface area contributed by atoms with Gasteiger partial charge in [0.05, 0.1) is 0 Å². The second kappa shape index (κ2) is 5.03. The van der Waals surface area contributed by atoms with Gasteiger partial charge in [0.15, 0.2) is 0 Å². The van der Waals surface area contributed by atoms with Crippen LogP contribution in [-0.4, -0.2) is 21.7 Å². The monoisotopic (exact) mass is 346 g/mol. The molecule has 84 valence electrons. The Morgan fingerprint density at radius 2 is 2.19 bits per heavy atom. The molecule has 2 aromatic heterocycles. The molecule has 0 radical (unpaired) electrons. The molecule has 0 unspecified atom stereocenters. The fourth-order valence-electron chi connectivity index (χ4n) is 1.16. The van der Waals surface area contributed by atoms with Gasteiger partial charge in [-0.25, -0.2) is 0 Å². The summed E-state index contributed by atoms with van der Waals surface area (Å²) in [5.41, 5.74) is 6.05. The quantitative estimate of drug-likeness (QED) is 0.920. The van der Waals surface area contributed by atoms with Crippen LogP contribution < -0.4 is 5.73 Å². The van der Waals surface area contributed by atoms with Crippen molar-refractivity contribution < 1.29 is 4.52 Å². The van der Waals surface area contributed by atoms with Crippen LogP contribution in [0.15, 0.2) is 25.7 Å². The fourth-order valence-corrected chi connectivity index (χ4v) is 2.32. The van der Waals surface area contributed by atoms with Crippen LogP contribution in [0, 0.1) is 0 Å². The third kappa shape index (κ3) is 2.47. The highest BCUT2D eigenvalue weighted by Crippen LogP contribution is 2.26. The minimum atomic E-state index is 0.461. The average molecular weight is 348 g/mol. The zero-order valence-corrected chi connectivity index (χ0v) is 11.3. The lowest BCUT2D eigenvalue weighted by Crippen LogP contribution is -2.02. The van der Waals surface area contributed by atoms with Crippen molar-refractivity contribution in [1.82, 2.24) is 15.1 Å². The van der Waals surface area contributed by atoms with Crippen molar-refractivity contribution in [1.29, 1.82) is 0 Å². The van der Waals surface area contributed by atoms with E-state index in [1.807, 2.05) is 6.07 Å². The van der Waals surface area contributed by atoms with Gasteiger partial charge in [0.2, 0.25) is 11.7 Å². The van der Waals surface area contributed by atoms with Crippen LogP contribution in [0.1, 0.15) is 5.89 Å². The smallest absolute Gasteiger partial charge is 0.228 e. The van der Waals surface area contributed by atoms with Gasteiger partial charge < -0.3 is 10.3 Å². The maximum absolute atomic E-state index is 5.40. The van der Waals surface area contributed by atoms with Gasteiger partial charge in [0, 0.05) is 28.1 Å². The molecular formula is C9H8Br2N4O. The summed E-state index contributed by atoms with van der Waals surface area (Å²) in [5.74, 6) is 0.983. The van der Waals surface area contributed by atoms with Crippen molar-refractivity contribution in [3.63, 3.8) is 0 Å². The summed E-state index contributed by atoms with van der Waals surface area (Å²) in [4.78, 5) is 8.41. The predicted molar refractivity (Wildman–Crippen MR) is 65.7 cm³/mol. The van der Waals surface area contributed by atoms with Gasteiger partial charge in [0.25, 0.3) is 0 Å². The van der Waals surface area contributed by atoms with Crippen molar-refractivity contribution >= 4 is 31.9 Å². The Balaban J connectivity index is 2.35. The Hall–Kier alpha value is -0.790. The second-order valence-electron chi connectivity index (χ2n) is 3.03. The van der Waals surface area contributed by atoms with E-state index in [9.17, 15) is 0 Å². The number of rotatable bonds is 3. The lowest BCUT2D eigenvalue weighted by molar-refractivity contribution is 0.380. The molecule has 0 aliphatic rings. The maximum Gasteiger partial charge on any atom is 0.228 e. The number of halogens is 2. The van der Waals surface area contributed by atoms with Crippen molar-refractivity contribution in [2.75, 3.05) is 6.54 Å². The summed E-state index contributed by atoms with van der Waals surface area (Å²) in [6.45, 7) is 0.483. The molecular weight excluding hydrogens is 340 g/mol. The summed E-state index contributed by atoms with van der Waals surface area (Å²) in [6, 6.07) is 1.88. The van der Waals surface area contributed by atoms with Crippen LogP contribution in [0.2, 0.25) is 0 Å². The molecule has 0 fully saturated rings. The minimum absolute atomic E-state index is 0.461. The van der Waals surface area contributed by atoms with Gasteiger partial charge in [-0.15, -0.1) is 0 Å². The Morgan fingerprint density at radius 3 is 2.88 bits per heavy atom. The van der Waals surface area contributed by atoms with Crippen LogP contribution in [0.4, 0.5) is 0 Å². The van der Waals surface area contributed by atoms with Crippen molar-refractivity contribution in [3.8, 4) is 11.5 Å². The van der Waals surface area contributed by atoms with Crippen molar-refractivity contribution in [2.24, 2.45) is 5.73 Å². The largest absolute Gasteiger partial charge is 0.339 e. The molecule has 0 atom stereocenters. The van der Waals surface area contributed by atoms with Crippen molar-refractivity contribution in [3.05, 3.63) is 27.1 Å². The SMILES string of the molecule is NCCc1nc(-c2ncc(Br)cc2Br)no1. The molecule has 0 aromatic carbocycles. The van der Waals surface area contributed by atoms with E-state index in [2.05, 4.69) is 47.0 Å². The molecule has 0 amide bonds. The third-order valence-electron chi connectivity index (χ3n) is 1.85. The molecule has 0 saturated heterocycles. The molecule has 7 heteroatoms.